The molecule has 0 aliphatic carbocycles. The van der Waals surface area contributed by atoms with Gasteiger partial charge in [0.2, 0.25) is 5.91 Å². The van der Waals surface area contributed by atoms with Crippen LogP contribution in [0.2, 0.25) is 0 Å². The molecule has 0 aromatic carbocycles. The summed E-state index contributed by atoms with van der Waals surface area (Å²) in [4.78, 5) is 13.6. The van der Waals surface area contributed by atoms with E-state index in [-0.39, 0.29) is 11.9 Å². The maximum absolute atomic E-state index is 11.3. The van der Waals surface area contributed by atoms with Crippen LogP contribution < -0.4 is 11.1 Å². The minimum Gasteiger partial charge on any atom is -0.381 e. The van der Waals surface area contributed by atoms with Crippen LogP contribution in [0, 0.1) is 5.92 Å². The van der Waals surface area contributed by atoms with Crippen molar-refractivity contribution in [2.45, 2.75) is 38.6 Å². The summed E-state index contributed by atoms with van der Waals surface area (Å²) < 4.78 is 5.37. The van der Waals surface area contributed by atoms with E-state index in [2.05, 4.69) is 24.2 Å². The third kappa shape index (κ3) is 6.89. The van der Waals surface area contributed by atoms with E-state index < -0.39 is 0 Å². The predicted molar refractivity (Wildman–Crippen MR) is 76.9 cm³/mol. The maximum Gasteiger partial charge on any atom is 0.234 e. The van der Waals surface area contributed by atoms with E-state index in [1.165, 1.54) is 0 Å². The number of nitrogens with one attached hydrogen (secondary N) is 1. The first-order chi connectivity index (χ1) is 9.13. The van der Waals surface area contributed by atoms with Crippen molar-refractivity contribution in [3.05, 3.63) is 0 Å². The molecule has 3 N–H and O–H groups in total. The quantitative estimate of drug-likeness (QED) is 0.644. The van der Waals surface area contributed by atoms with E-state index in [1.54, 1.807) is 0 Å². The van der Waals surface area contributed by atoms with Crippen LogP contribution >= 0.6 is 0 Å². The molecule has 0 saturated carbocycles. The summed E-state index contributed by atoms with van der Waals surface area (Å²) in [6.07, 6.45) is 4.10. The summed E-state index contributed by atoms with van der Waals surface area (Å²) in [6, 6.07) is -0.197. The van der Waals surface area contributed by atoms with Gasteiger partial charge in [0.05, 0.1) is 6.04 Å². The summed E-state index contributed by atoms with van der Waals surface area (Å²) >= 11 is 0. The Morgan fingerprint density at radius 2 is 2.16 bits per heavy atom. The molecule has 1 aliphatic rings. The Balaban J connectivity index is 2.22. The molecule has 1 heterocycles. The van der Waals surface area contributed by atoms with Gasteiger partial charge in [-0.25, -0.2) is 0 Å². The molecule has 1 saturated heterocycles. The van der Waals surface area contributed by atoms with Crippen LogP contribution in [0.5, 0.6) is 0 Å². The molecule has 5 nitrogen and oxygen atoms in total. The Labute approximate surface area is 116 Å². The minimum atomic E-state index is -0.243. The monoisotopic (exact) mass is 271 g/mol. The number of carbonyl (C=O) groups is 1. The molecule has 1 atom stereocenters. The molecule has 1 aliphatic heterocycles. The predicted octanol–water partition coefficient (Wildman–Crippen LogP) is 0.588. The van der Waals surface area contributed by atoms with Gasteiger partial charge >= 0.3 is 0 Å². The zero-order chi connectivity index (χ0) is 14.1. The molecule has 0 aromatic heterocycles. The van der Waals surface area contributed by atoms with Crippen molar-refractivity contribution < 1.29 is 9.53 Å². The molecule has 0 bridgehead atoms. The number of amides is 1. The summed E-state index contributed by atoms with van der Waals surface area (Å²) in [5, 5.41) is 3.21. The normalized spacial score (nSPS) is 18.7. The molecule has 1 rings (SSSR count). The van der Waals surface area contributed by atoms with Crippen molar-refractivity contribution in [1.82, 2.24) is 10.2 Å². The summed E-state index contributed by atoms with van der Waals surface area (Å²) in [5.41, 5.74) is 5.41. The van der Waals surface area contributed by atoms with Crippen LogP contribution in [0.15, 0.2) is 0 Å². The molecule has 112 valence electrons. The van der Waals surface area contributed by atoms with Gasteiger partial charge in [0.25, 0.3) is 0 Å². The van der Waals surface area contributed by atoms with Gasteiger partial charge < -0.3 is 20.7 Å². The van der Waals surface area contributed by atoms with E-state index in [1.807, 2.05) is 0 Å². The lowest BCUT2D eigenvalue weighted by Crippen LogP contribution is -2.44. The third-order valence-electron chi connectivity index (χ3n) is 3.69. The molecular weight excluding hydrogens is 242 g/mol. The lowest BCUT2D eigenvalue weighted by atomic mass is 10.00. The van der Waals surface area contributed by atoms with Crippen molar-refractivity contribution in [3.63, 3.8) is 0 Å². The van der Waals surface area contributed by atoms with E-state index >= 15 is 0 Å². The highest BCUT2D eigenvalue weighted by atomic mass is 16.5. The number of nitrogens with two attached hydrogens (primary N) is 1. The summed E-state index contributed by atoms with van der Waals surface area (Å²) in [6.45, 7) is 6.70. The van der Waals surface area contributed by atoms with E-state index in [9.17, 15) is 4.79 Å². The molecule has 5 heteroatoms. The summed E-state index contributed by atoms with van der Waals surface area (Å²) in [7, 11) is 2.12. The van der Waals surface area contributed by atoms with Crippen LogP contribution in [0.1, 0.15) is 32.6 Å². The van der Waals surface area contributed by atoms with Crippen molar-refractivity contribution >= 4 is 5.91 Å². The highest BCUT2D eigenvalue weighted by molar-refractivity contribution is 5.79. The Kier molecular flexibility index (Phi) is 8.02. The Morgan fingerprint density at radius 3 is 2.74 bits per heavy atom. The highest BCUT2D eigenvalue weighted by Gasteiger charge is 2.18. The van der Waals surface area contributed by atoms with Crippen LogP contribution in [0.4, 0.5) is 0 Å². The zero-order valence-corrected chi connectivity index (χ0v) is 12.4. The topological polar surface area (TPSA) is 67.6 Å². The van der Waals surface area contributed by atoms with Gasteiger partial charge in [0.15, 0.2) is 0 Å². The fourth-order valence-electron chi connectivity index (χ4n) is 2.47. The molecule has 0 aromatic rings. The van der Waals surface area contributed by atoms with Crippen LogP contribution in [0.3, 0.4) is 0 Å². The second-order valence-electron chi connectivity index (χ2n) is 5.52. The largest absolute Gasteiger partial charge is 0.381 e. The zero-order valence-electron chi connectivity index (χ0n) is 12.4. The Hall–Kier alpha value is -0.650. The fourth-order valence-corrected chi connectivity index (χ4v) is 2.47. The lowest BCUT2D eigenvalue weighted by Gasteiger charge is -2.28. The average molecular weight is 271 g/mol. The van der Waals surface area contributed by atoms with Crippen LogP contribution in [-0.2, 0) is 9.53 Å². The standard InChI is InChI=1S/C14H29N3O2/c1-3-7-16-13(14(15)18)4-8-17(2)11-12-5-9-19-10-6-12/h12-13,16H,3-11H2,1-2H3,(H2,15,18). The highest BCUT2D eigenvalue weighted by Crippen LogP contribution is 2.15. The van der Waals surface area contributed by atoms with Crippen LogP contribution in [-0.4, -0.2) is 56.7 Å². The van der Waals surface area contributed by atoms with Crippen molar-refractivity contribution in [2.75, 3.05) is 39.9 Å². The Morgan fingerprint density at radius 1 is 1.47 bits per heavy atom. The van der Waals surface area contributed by atoms with Gasteiger partial charge in [0.1, 0.15) is 0 Å². The smallest absolute Gasteiger partial charge is 0.234 e. The SMILES string of the molecule is CCCNC(CCN(C)CC1CCOCC1)C(N)=O. The lowest BCUT2D eigenvalue weighted by molar-refractivity contribution is -0.120. The summed E-state index contributed by atoms with van der Waals surface area (Å²) in [5.74, 6) is 0.488. The molecule has 0 radical (unpaired) electrons. The van der Waals surface area contributed by atoms with Gasteiger partial charge in [-0.2, -0.15) is 0 Å². The number of ether oxygens (including phenoxy) is 1. The average Bonchev–Trinajstić information content (AvgIpc) is 2.39. The van der Waals surface area contributed by atoms with E-state index in [0.29, 0.717) is 0 Å². The first kappa shape index (κ1) is 16.4. The second kappa shape index (κ2) is 9.28. The molecule has 19 heavy (non-hydrogen) atoms. The number of primary amides is 1. The van der Waals surface area contributed by atoms with E-state index in [0.717, 1.165) is 64.4 Å². The van der Waals surface area contributed by atoms with Gasteiger partial charge in [-0.05, 0) is 51.7 Å². The molecule has 1 unspecified atom stereocenters. The fraction of sp³-hybridized carbons (Fsp3) is 0.929. The molecule has 1 fully saturated rings. The minimum absolute atomic E-state index is 0.197. The van der Waals surface area contributed by atoms with Crippen LogP contribution in [0.25, 0.3) is 0 Å². The number of hydrogen-bond donors (Lipinski definition) is 2. The van der Waals surface area contributed by atoms with Gasteiger partial charge in [-0.15, -0.1) is 0 Å². The molecule has 0 spiro atoms. The van der Waals surface area contributed by atoms with Crippen molar-refractivity contribution in [1.29, 1.82) is 0 Å². The number of hydrogen-bond acceptors (Lipinski definition) is 4. The van der Waals surface area contributed by atoms with Crippen molar-refractivity contribution in [2.24, 2.45) is 11.7 Å². The number of carbonyl (C=O) groups excluding carboxylic acids is 1. The van der Waals surface area contributed by atoms with E-state index in [4.69, 9.17) is 10.5 Å². The Bertz CT molecular complexity index is 255. The van der Waals surface area contributed by atoms with Gasteiger partial charge in [0, 0.05) is 19.8 Å². The number of nitrogens with zero attached hydrogens (tertiary/aromatic N) is 1. The first-order valence-electron chi connectivity index (χ1n) is 7.42. The van der Waals surface area contributed by atoms with Gasteiger partial charge in [-0.1, -0.05) is 6.92 Å². The molecule has 1 amide bonds. The van der Waals surface area contributed by atoms with Gasteiger partial charge in [-0.3, -0.25) is 4.79 Å². The number of rotatable bonds is 9. The molecular formula is C14H29N3O2. The second-order valence-corrected chi connectivity index (χ2v) is 5.52. The first-order valence-corrected chi connectivity index (χ1v) is 7.42. The van der Waals surface area contributed by atoms with Crippen molar-refractivity contribution in [3.8, 4) is 0 Å². The maximum atomic E-state index is 11.3. The third-order valence-corrected chi connectivity index (χ3v) is 3.69.